The third-order valence-electron chi connectivity index (χ3n) is 3.93. The van der Waals surface area contributed by atoms with E-state index in [-0.39, 0.29) is 24.0 Å². The fourth-order valence-electron chi connectivity index (χ4n) is 2.70. The summed E-state index contributed by atoms with van der Waals surface area (Å²) in [5, 5.41) is 0. The molecule has 2 N–H and O–H groups in total. The van der Waals surface area contributed by atoms with Gasteiger partial charge in [-0.1, -0.05) is 6.92 Å². The van der Waals surface area contributed by atoms with Crippen LogP contribution in [0.1, 0.15) is 26.2 Å². The van der Waals surface area contributed by atoms with Crippen LogP contribution in [0.3, 0.4) is 0 Å². The molecule has 2 rings (SSSR count). The minimum atomic E-state index is 0. The molecule has 2 fully saturated rings. The number of nitrogens with zero attached hydrogens (tertiary/aromatic N) is 3. The van der Waals surface area contributed by atoms with Crippen LogP contribution in [0.4, 0.5) is 0 Å². The fraction of sp³-hybridized carbons (Fsp3) is 0.923. The van der Waals surface area contributed by atoms with Crippen LogP contribution in [-0.2, 0) is 0 Å². The molecule has 4 nitrogen and oxygen atoms in total. The van der Waals surface area contributed by atoms with E-state index in [4.69, 9.17) is 5.73 Å². The van der Waals surface area contributed by atoms with Crippen LogP contribution in [0, 0.1) is 0 Å². The van der Waals surface area contributed by atoms with Crippen LogP contribution in [0.2, 0.25) is 0 Å². The number of rotatable bonds is 4. The van der Waals surface area contributed by atoms with Crippen molar-refractivity contribution in [3.05, 3.63) is 0 Å². The zero-order valence-corrected chi connectivity index (χ0v) is 15.0. The van der Waals surface area contributed by atoms with Gasteiger partial charge >= 0.3 is 0 Å². The highest BCUT2D eigenvalue weighted by Crippen LogP contribution is 2.14. The molecule has 2 aliphatic rings. The molecule has 0 amide bonds. The van der Waals surface area contributed by atoms with Crippen molar-refractivity contribution in [2.24, 2.45) is 10.7 Å². The predicted octanol–water partition coefficient (Wildman–Crippen LogP) is 1.84. The summed E-state index contributed by atoms with van der Waals surface area (Å²) in [4.78, 5) is 9.43. The normalized spacial score (nSPS) is 23.2. The van der Waals surface area contributed by atoms with Gasteiger partial charge in [0.2, 0.25) is 0 Å². The Hall–Kier alpha value is 0.310. The highest BCUT2D eigenvalue weighted by Gasteiger charge is 2.20. The molecule has 6 heteroatoms. The van der Waals surface area contributed by atoms with Crippen molar-refractivity contribution in [1.29, 1.82) is 0 Å². The Balaban J connectivity index is 0.00000180. The number of halogens is 1. The lowest BCUT2D eigenvalue weighted by Gasteiger charge is -2.29. The SMILES string of the molecule is CCC(CN=C(N)N1CCSCC1)N1CCCC1.I. The summed E-state index contributed by atoms with van der Waals surface area (Å²) in [7, 11) is 0. The van der Waals surface area contributed by atoms with E-state index in [2.05, 4.69) is 21.7 Å². The molecule has 2 heterocycles. The van der Waals surface area contributed by atoms with Gasteiger partial charge in [0.15, 0.2) is 5.96 Å². The Kier molecular flexibility index (Phi) is 8.48. The number of thioether (sulfide) groups is 1. The van der Waals surface area contributed by atoms with E-state index in [0.717, 1.165) is 25.6 Å². The van der Waals surface area contributed by atoms with Gasteiger partial charge in [-0.2, -0.15) is 11.8 Å². The highest BCUT2D eigenvalue weighted by atomic mass is 127. The molecule has 2 aliphatic heterocycles. The molecule has 112 valence electrons. The van der Waals surface area contributed by atoms with Gasteiger partial charge in [-0.15, -0.1) is 24.0 Å². The van der Waals surface area contributed by atoms with Gasteiger partial charge in [-0.05, 0) is 32.4 Å². The van der Waals surface area contributed by atoms with E-state index in [1.807, 2.05) is 11.8 Å². The van der Waals surface area contributed by atoms with Gasteiger partial charge in [0, 0.05) is 30.6 Å². The van der Waals surface area contributed by atoms with Crippen molar-refractivity contribution in [1.82, 2.24) is 9.80 Å². The summed E-state index contributed by atoms with van der Waals surface area (Å²) in [5.74, 6) is 3.12. The summed E-state index contributed by atoms with van der Waals surface area (Å²) in [6, 6.07) is 0.588. The van der Waals surface area contributed by atoms with Crippen LogP contribution in [0.15, 0.2) is 4.99 Å². The van der Waals surface area contributed by atoms with Crippen molar-refractivity contribution in [2.45, 2.75) is 32.2 Å². The molecule has 2 saturated heterocycles. The van der Waals surface area contributed by atoms with Crippen molar-refractivity contribution in [2.75, 3.05) is 44.2 Å². The van der Waals surface area contributed by atoms with Crippen LogP contribution < -0.4 is 5.73 Å². The van der Waals surface area contributed by atoms with Crippen molar-refractivity contribution in [3.8, 4) is 0 Å². The van der Waals surface area contributed by atoms with Gasteiger partial charge in [-0.3, -0.25) is 9.89 Å². The zero-order chi connectivity index (χ0) is 12.8. The molecule has 0 spiro atoms. The summed E-state index contributed by atoms with van der Waals surface area (Å²) >= 11 is 2.00. The van der Waals surface area contributed by atoms with Crippen LogP contribution >= 0.6 is 35.7 Å². The van der Waals surface area contributed by atoms with Gasteiger partial charge in [0.1, 0.15) is 0 Å². The van der Waals surface area contributed by atoms with E-state index in [1.54, 1.807) is 0 Å². The fourth-order valence-corrected chi connectivity index (χ4v) is 3.60. The van der Waals surface area contributed by atoms with Gasteiger partial charge in [0.25, 0.3) is 0 Å². The molecule has 0 aromatic heterocycles. The standard InChI is InChI=1S/C13H26N4S.HI/c1-2-12(16-5-3-4-6-16)11-15-13(14)17-7-9-18-10-8-17;/h12H,2-11H2,1H3,(H2,14,15);1H. The third kappa shape index (κ3) is 5.30. The minimum Gasteiger partial charge on any atom is -0.370 e. The average molecular weight is 398 g/mol. The zero-order valence-electron chi connectivity index (χ0n) is 11.9. The smallest absolute Gasteiger partial charge is 0.191 e. The number of hydrogen-bond acceptors (Lipinski definition) is 3. The molecule has 1 atom stereocenters. The van der Waals surface area contributed by atoms with Crippen LogP contribution in [0.5, 0.6) is 0 Å². The van der Waals surface area contributed by atoms with E-state index >= 15 is 0 Å². The Bertz CT molecular complexity index is 276. The first-order valence-corrected chi connectivity index (χ1v) is 8.33. The topological polar surface area (TPSA) is 44.9 Å². The van der Waals surface area contributed by atoms with E-state index < -0.39 is 0 Å². The molecular formula is C13H27IN4S. The van der Waals surface area contributed by atoms with Gasteiger partial charge in [-0.25, -0.2) is 0 Å². The second kappa shape index (κ2) is 9.28. The van der Waals surface area contributed by atoms with E-state index in [9.17, 15) is 0 Å². The maximum atomic E-state index is 6.10. The lowest BCUT2D eigenvalue weighted by atomic mass is 10.2. The summed E-state index contributed by atoms with van der Waals surface area (Å²) in [6.07, 6.45) is 3.87. The molecular weight excluding hydrogens is 371 g/mol. The molecule has 0 saturated carbocycles. The van der Waals surface area contributed by atoms with Gasteiger partial charge in [0.05, 0.1) is 6.54 Å². The number of aliphatic imine (C=N–C) groups is 1. The largest absolute Gasteiger partial charge is 0.370 e. The summed E-state index contributed by atoms with van der Waals surface area (Å²) in [6.45, 7) is 7.72. The van der Waals surface area contributed by atoms with Crippen molar-refractivity contribution < 1.29 is 0 Å². The minimum absolute atomic E-state index is 0. The number of likely N-dealkylation sites (tertiary alicyclic amines) is 1. The first-order chi connectivity index (χ1) is 8.81. The first kappa shape index (κ1) is 17.4. The van der Waals surface area contributed by atoms with Crippen molar-refractivity contribution in [3.63, 3.8) is 0 Å². The number of hydrogen-bond donors (Lipinski definition) is 1. The maximum absolute atomic E-state index is 6.10. The Morgan fingerprint density at radius 1 is 1.21 bits per heavy atom. The average Bonchev–Trinajstić information content (AvgIpc) is 2.94. The Morgan fingerprint density at radius 3 is 2.42 bits per heavy atom. The Morgan fingerprint density at radius 2 is 1.84 bits per heavy atom. The second-order valence-corrected chi connectivity index (χ2v) is 6.33. The Labute approximate surface area is 138 Å². The summed E-state index contributed by atoms with van der Waals surface area (Å²) < 4.78 is 0. The lowest BCUT2D eigenvalue weighted by molar-refractivity contribution is 0.241. The first-order valence-electron chi connectivity index (χ1n) is 7.18. The number of guanidine groups is 1. The predicted molar refractivity (Wildman–Crippen MR) is 95.7 cm³/mol. The van der Waals surface area contributed by atoms with E-state index in [0.29, 0.717) is 6.04 Å². The van der Waals surface area contributed by atoms with Gasteiger partial charge < -0.3 is 10.6 Å². The monoisotopic (exact) mass is 398 g/mol. The molecule has 1 unspecified atom stereocenters. The third-order valence-corrected chi connectivity index (χ3v) is 4.87. The van der Waals surface area contributed by atoms with Crippen molar-refractivity contribution >= 4 is 41.7 Å². The highest BCUT2D eigenvalue weighted by molar-refractivity contribution is 14.0. The molecule has 0 aromatic rings. The van der Waals surface area contributed by atoms with E-state index in [1.165, 1.54) is 43.9 Å². The summed E-state index contributed by atoms with van der Waals surface area (Å²) in [5.41, 5.74) is 6.10. The molecule has 0 bridgehead atoms. The lowest BCUT2D eigenvalue weighted by Crippen LogP contribution is -2.43. The quantitative estimate of drug-likeness (QED) is 0.446. The molecule has 0 radical (unpaired) electrons. The second-order valence-electron chi connectivity index (χ2n) is 5.10. The van der Waals surface area contributed by atoms with Crippen LogP contribution in [-0.4, -0.2) is 66.0 Å². The molecule has 0 aliphatic carbocycles. The molecule has 0 aromatic carbocycles. The number of nitrogens with two attached hydrogens (primary N) is 1. The molecule has 19 heavy (non-hydrogen) atoms. The maximum Gasteiger partial charge on any atom is 0.191 e. The van der Waals surface area contributed by atoms with Crippen LogP contribution in [0.25, 0.3) is 0 Å².